The molecule has 1 aliphatic rings. The number of thiophene rings is 1. The summed E-state index contributed by atoms with van der Waals surface area (Å²) in [6, 6.07) is 14.0. The largest absolute Gasteiger partial charge is 0.326 e. The summed E-state index contributed by atoms with van der Waals surface area (Å²) in [5.41, 5.74) is 0.0949. The minimum Gasteiger partial charge on any atom is -0.326 e. The maximum absolute atomic E-state index is 13.8. The lowest BCUT2D eigenvalue weighted by molar-refractivity contribution is -0.119. The van der Waals surface area contributed by atoms with Crippen molar-refractivity contribution in [3.8, 4) is 0 Å². The molecule has 0 radical (unpaired) electrons. The van der Waals surface area contributed by atoms with Crippen LogP contribution in [0.1, 0.15) is 22.5 Å². The van der Waals surface area contributed by atoms with Crippen LogP contribution in [0, 0.1) is 5.82 Å². The number of sulfonamides is 1. The highest BCUT2D eigenvalue weighted by Crippen LogP contribution is 2.25. The van der Waals surface area contributed by atoms with E-state index in [9.17, 15) is 22.4 Å². The third-order valence-electron chi connectivity index (χ3n) is 5.08. The molecule has 1 atom stereocenters. The number of nitrogens with zero attached hydrogens (tertiary/aromatic N) is 1. The molecule has 1 saturated heterocycles. The van der Waals surface area contributed by atoms with Gasteiger partial charge < -0.3 is 10.2 Å². The van der Waals surface area contributed by atoms with Gasteiger partial charge in [0.2, 0.25) is 5.91 Å². The molecule has 2 heterocycles. The Balaban J connectivity index is 1.49. The van der Waals surface area contributed by atoms with E-state index >= 15 is 0 Å². The fourth-order valence-electron chi connectivity index (χ4n) is 3.54. The van der Waals surface area contributed by atoms with Crippen molar-refractivity contribution in [3.63, 3.8) is 0 Å². The SMILES string of the molecule is O=C(Nc1cccc(S(=O)(=O)Nc2ccccc2F)c1)[C@H]1CCCN1C(=O)c1cccs1. The van der Waals surface area contributed by atoms with E-state index in [-0.39, 0.29) is 28.1 Å². The normalized spacial score (nSPS) is 16.0. The first kappa shape index (κ1) is 22.0. The van der Waals surface area contributed by atoms with Crippen molar-refractivity contribution in [2.75, 3.05) is 16.6 Å². The summed E-state index contributed by atoms with van der Waals surface area (Å²) < 4.78 is 41.4. The first-order chi connectivity index (χ1) is 15.3. The second-order valence-corrected chi connectivity index (χ2v) is 9.87. The van der Waals surface area contributed by atoms with Crippen LogP contribution in [0.5, 0.6) is 0 Å². The minimum absolute atomic E-state index is 0.128. The van der Waals surface area contributed by atoms with Gasteiger partial charge in [-0.05, 0) is 54.6 Å². The predicted octanol–water partition coefficient (Wildman–Crippen LogP) is 3.93. The summed E-state index contributed by atoms with van der Waals surface area (Å²) in [5, 5.41) is 4.51. The van der Waals surface area contributed by atoms with Gasteiger partial charge in [-0.15, -0.1) is 11.3 Å². The van der Waals surface area contributed by atoms with E-state index in [1.54, 1.807) is 28.5 Å². The van der Waals surface area contributed by atoms with Crippen molar-refractivity contribution in [2.45, 2.75) is 23.8 Å². The molecule has 2 N–H and O–H groups in total. The fourth-order valence-corrected chi connectivity index (χ4v) is 5.33. The molecule has 3 aromatic rings. The van der Waals surface area contributed by atoms with Crippen LogP contribution < -0.4 is 10.0 Å². The summed E-state index contributed by atoms with van der Waals surface area (Å²) in [7, 11) is -4.07. The van der Waals surface area contributed by atoms with Crippen molar-refractivity contribution < 1.29 is 22.4 Å². The van der Waals surface area contributed by atoms with Gasteiger partial charge in [-0.25, -0.2) is 12.8 Å². The van der Waals surface area contributed by atoms with Crippen molar-refractivity contribution in [1.82, 2.24) is 4.90 Å². The summed E-state index contributed by atoms with van der Waals surface area (Å²) in [6.07, 6.45) is 1.23. The Hall–Kier alpha value is -3.24. The van der Waals surface area contributed by atoms with Crippen LogP contribution in [0.4, 0.5) is 15.8 Å². The van der Waals surface area contributed by atoms with E-state index in [2.05, 4.69) is 10.0 Å². The topological polar surface area (TPSA) is 95.6 Å². The number of nitrogens with one attached hydrogen (secondary N) is 2. The van der Waals surface area contributed by atoms with Crippen LogP contribution in [0.25, 0.3) is 0 Å². The molecule has 0 bridgehead atoms. The number of anilines is 2. The minimum atomic E-state index is -4.07. The Morgan fingerprint density at radius 3 is 2.62 bits per heavy atom. The lowest BCUT2D eigenvalue weighted by Gasteiger charge is -2.23. The Labute approximate surface area is 188 Å². The number of para-hydroxylation sites is 1. The van der Waals surface area contributed by atoms with Gasteiger partial charge in [0, 0.05) is 12.2 Å². The van der Waals surface area contributed by atoms with E-state index in [1.807, 2.05) is 0 Å². The van der Waals surface area contributed by atoms with E-state index in [0.717, 1.165) is 6.07 Å². The van der Waals surface area contributed by atoms with E-state index in [1.165, 1.54) is 47.7 Å². The first-order valence-corrected chi connectivity index (χ1v) is 12.2. The Morgan fingerprint density at radius 1 is 1.06 bits per heavy atom. The Morgan fingerprint density at radius 2 is 1.88 bits per heavy atom. The number of amides is 2. The number of hydrogen-bond acceptors (Lipinski definition) is 5. The van der Waals surface area contributed by atoms with Gasteiger partial charge in [0.05, 0.1) is 15.5 Å². The van der Waals surface area contributed by atoms with Crippen LogP contribution in [0.3, 0.4) is 0 Å². The van der Waals surface area contributed by atoms with Crippen LogP contribution in [0.2, 0.25) is 0 Å². The molecule has 0 aliphatic carbocycles. The zero-order chi connectivity index (χ0) is 22.7. The third-order valence-corrected chi connectivity index (χ3v) is 7.30. The molecule has 2 amide bonds. The number of benzene rings is 2. The van der Waals surface area contributed by atoms with Gasteiger partial charge in [0.15, 0.2) is 0 Å². The molecule has 7 nitrogen and oxygen atoms in total. The molecule has 1 aliphatic heterocycles. The quantitative estimate of drug-likeness (QED) is 0.567. The van der Waals surface area contributed by atoms with E-state index in [0.29, 0.717) is 24.3 Å². The molecular formula is C22H20FN3O4S2. The van der Waals surface area contributed by atoms with Gasteiger partial charge in [-0.3, -0.25) is 14.3 Å². The molecule has 0 spiro atoms. The molecule has 4 rings (SSSR count). The number of carbonyl (C=O) groups is 2. The van der Waals surface area contributed by atoms with Gasteiger partial charge in [0.25, 0.3) is 15.9 Å². The smallest absolute Gasteiger partial charge is 0.264 e. The van der Waals surface area contributed by atoms with Crippen LogP contribution in [-0.4, -0.2) is 37.7 Å². The van der Waals surface area contributed by atoms with Crippen LogP contribution in [0.15, 0.2) is 70.9 Å². The lowest BCUT2D eigenvalue weighted by atomic mass is 10.2. The zero-order valence-corrected chi connectivity index (χ0v) is 18.5. The fraction of sp³-hybridized carbons (Fsp3) is 0.182. The van der Waals surface area contributed by atoms with Crippen molar-refractivity contribution in [3.05, 3.63) is 76.7 Å². The Bertz CT molecular complexity index is 1250. The molecule has 0 saturated carbocycles. The molecule has 166 valence electrons. The van der Waals surface area contributed by atoms with Gasteiger partial charge >= 0.3 is 0 Å². The van der Waals surface area contributed by atoms with E-state index in [4.69, 9.17) is 0 Å². The third kappa shape index (κ3) is 4.66. The summed E-state index contributed by atoms with van der Waals surface area (Å²) in [5.74, 6) is -1.27. The van der Waals surface area contributed by atoms with Crippen molar-refractivity contribution >= 4 is 44.5 Å². The van der Waals surface area contributed by atoms with E-state index < -0.39 is 21.9 Å². The number of carbonyl (C=O) groups excluding carboxylic acids is 2. The average molecular weight is 474 g/mol. The molecule has 0 unspecified atom stereocenters. The zero-order valence-electron chi connectivity index (χ0n) is 16.8. The highest BCUT2D eigenvalue weighted by atomic mass is 32.2. The highest BCUT2D eigenvalue weighted by molar-refractivity contribution is 7.92. The second kappa shape index (κ2) is 9.09. The van der Waals surface area contributed by atoms with Crippen LogP contribution >= 0.6 is 11.3 Å². The first-order valence-electron chi connectivity index (χ1n) is 9.88. The summed E-state index contributed by atoms with van der Waals surface area (Å²) in [4.78, 5) is 27.6. The van der Waals surface area contributed by atoms with Gasteiger partial charge in [-0.1, -0.05) is 24.3 Å². The summed E-state index contributed by atoms with van der Waals surface area (Å²) in [6.45, 7) is 0.482. The Kier molecular flexibility index (Phi) is 6.24. The molecule has 2 aromatic carbocycles. The maximum atomic E-state index is 13.8. The molecular weight excluding hydrogens is 453 g/mol. The molecule has 32 heavy (non-hydrogen) atoms. The number of hydrogen-bond donors (Lipinski definition) is 2. The average Bonchev–Trinajstić information content (AvgIpc) is 3.47. The lowest BCUT2D eigenvalue weighted by Crippen LogP contribution is -2.42. The highest BCUT2D eigenvalue weighted by Gasteiger charge is 2.35. The predicted molar refractivity (Wildman–Crippen MR) is 121 cm³/mol. The summed E-state index contributed by atoms with van der Waals surface area (Å²) >= 11 is 1.32. The van der Waals surface area contributed by atoms with Crippen molar-refractivity contribution in [1.29, 1.82) is 0 Å². The van der Waals surface area contributed by atoms with Gasteiger partial charge in [-0.2, -0.15) is 0 Å². The van der Waals surface area contributed by atoms with Crippen molar-refractivity contribution in [2.24, 2.45) is 0 Å². The van der Waals surface area contributed by atoms with Gasteiger partial charge in [0.1, 0.15) is 11.9 Å². The van der Waals surface area contributed by atoms with Crippen LogP contribution in [-0.2, 0) is 14.8 Å². The molecule has 10 heteroatoms. The molecule has 1 fully saturated rings. The molecule has 1 aromatic heterocycles. The monoisotopic (exact) mass is 473 g/mol. The number of rotatable bonds is 6. The number of likely N-dealkylation sites (tertiary alicyclic amines) is 1. The number of halogens is 1. The second-order valence-electron chi connectivity index (χ2n) is 7.24. The standard InChI is InChI=1S/C22H20FN3O4S2/c23-17-8-1-2-9-18(17)25-32(29,30)16-7-3-6-15(14-16)24-21(27)19-10-4-12-26(19)22(28)20-11-5-13-31-20/h1-3,5-9,11,13-14,19,25H,4,10,12H2,(H,24,27)/t19-/m1/s1. The maximum Gasteiger partial charge on any atom is 0.264 e.